The van der Waals surface area contributed by atoms with Crippen LogP contribution in [0.2, 0.25) is 0 Å². The van der Waals surface area contributed by atoms with E-state index in [1.807, 2.05) is 30.3 Å². The lowest BCUT2D eigenvalue weighted by molar-refractivity contribution is 0.280. The van der Waals surface area contributed by atoms with Crippen LogP contribution >= 0.6 is 15.9 Å². The predicted octanol–water partition coefficient (Wildman–Crippen LogP) is 3.03. The largest absolute Gasteiger partial charge is 0.396 e. The zero-order valence-corrected chi connectivity index (χ0v) is 12.9. The summed E-state index contributed by atoms with van der Waals surface area (Å²) in [6, 6.07) is 10.0. The molecule has 0 fully saturated rings. The molecule has 0 saturated heterocycles. The average Bonchev–Trinajstić information content (AvgIpc) is 2.90. The first kappa shape index (κ1) is 14.0. The number of aromatic nitrogens is 3. The molecule has 6 heteroatoms. The number of nitrogens with one attached hydrogen (secondary N) is 1. The van der Waals surface area contributed by atoms with Gasteiger partial charge >= 0.3 is 0 Å². The summed E-state index contributed by atoms with van der Waals surface area (Å²) >= 11 is 3.49. The Bertz CT molecular complexity index is 729. The highest BCUT2D eigenvalue weighted by atomic mass is 79.9. The van der Waals surface area contributed by atoms with Crippen LogP contribution in [-0.2, 0) is 0 Å². The first-order valence-electron chi connectivity index (χ1n) is 6.70. The fourth-order valence-corrected chi connectivity index (χ4v) is 2.78. The van der Waals surface area contributed by atoms with E-state index in [0.717, 1.165) is 21.4 Å². The summed E-state index contributed by atoms with van der Waals surface area (Å²) in [6.07, 6.45) is 5.86. The summed E-state index contributed by atoms with van der Waals surface area (Å²) in [5.74, 6) is 0.740. The van der Waals surface area contributed by atoms with E-state index in [2.05, 4.69) is 31.3 Å². The quantitative estimate of drug-likeness (QED) is 0.745. The number of benzene rings is 1. The molecule has 5 nitrogen and oxygen atoms in total. The third-order valence-corrected chi connectivity index (χ3v) is 3.90. The first-order valence-corrected chi connectivity index (χ1v) is 7.49. The lowest BCUT2D eigenvalue weighted by Crippen LogP contribution is -2.14. The van der Waals surface area contributed by atoms with Gasteiger partial charge in [0.2, 0.25) is 0 Å². The van der Waals surface area contributed by atoms with Crippen molar-refractivity contribution in [2.24, 2.45) is 0 Å². The second kappa shape index (κ2) is 6.24. The molecule has 0 saturated carbocycles. The molecule has 108 valence electrons. The number of rotatable bonds is 5. The first-order chi connectivity index (χ1) is 10.3. The molecule has 0 amide bonds. The van der Waals surface area contributed by atoms with Crippen molar-refractivity contribution in [3.8, 4) is 0 Å². The van der Waals surface area contributed by atoms with E-state index in [9.17, 15) is 5.11 Å². The minimum Gasteiger partial charge on any atom is -0.396 e. The van der Waals surface area contributed by atoms with Gasteiger partial charge in [0.1, 0.15) is 5.52 Å². The van der Waals surface area contributed by atoms with E-state index < -0.39 is 0 Å². The standard InChI is InChI=1S/C15H15BrN4O/c16-12-10-18-20-8-7-17-15(14(12)20)19-13(6-9-21)11-4-2-1-3-5-11/h1-5,7-8,10,13,21H,6,9H2,(H,17,19). The van der Waals surface area contributed by atoms with Gasteiger partial charge in [-0.2, -0.15) is 5.10 Å². The molecule has 3 aromatic rings. The van der Waals surface area contributed by atoms with E-state index in [-0.39, 0.29) is 12.6 Å². The lowest BCUT2D eigenvalue weighted by Gasteiger charge is -2.19. The maximum Gasteiger partial charge on any atom is 0.153 e. The summed E-state index contributed by atoms with van der Waals surface area (Å²) < 4.78 is 2.65. The molecule has 0 aliphatic carbocycles. The van der Waals surface area contributed by atoms with Gasteiger partial charge in [-0.1, -0.05) is 30.3 Å². The van der Waals surface area contributed by atoms with Crippen LogP contribution in [0.5, 0.6) is 0 Å². The van der Waals surface area contributed by atoms with Gasteiger partial charge in [-0.05, 0) is 27.9 Å². The van der Waals surface area contributed by atoms with Crippen LogP contribution in [-0.4, -0.2) is 26.3 Å². The Labute approximate surface area is 130 Å². The van der Waals surface area contributed by atoms with Crippen molar-refractivity contribution in [3.05, 3.63) is 59.0 Å². The number of hydrogen-bond donors (Lipinski definition) is 2. The van der Waals surface area contributed by atoms with Gasteiger partial charge in [0.05, 0.1) is 16.7 Å². The smallest absolute Gasteiger partial charge is 0.153 e. The molecule has 2 heterocycles. The molecule has 0 aliphatic rings. The van der Waals surface area contributed by atoms with Crippen molar-refractivity contribution in [2.75, 3.05) is 11.9 Å². The van der Waals surface area contributed by atoms with Gasteiger partial charge in [-0.25, -0.2) is 9.50 Å². The summed E-state index contributed by atoms with van der Waals surface area (Å²) in [5.41, 5.74) is 2.00. The van der Waals surface area contributed by atoms with Gasteiger partial charge in [0, 0.05) is 19.0 Å². The summed E-state index contributed by atoms with van der Waals surface area (Å²) in [4.78, 5) is 4.40. The molecule has 21 heavy (non-hydrogen) atoms. The number of halogens is 1. The number of aliphatic hydroxyl groups is 1. The number of nitrogens with zero attached hydrogens (tertiary/aromatic N) is 3. The third-order valence-electron chi connectivity index (χ3n) is 3.32. The van der Waals surface area contributed by atoms with Gasteiger partial charge in [0.15, 0.2) is 5.82 Å². The zero-order chi connectivity index (χ0) is 14.7. The van der Waals surface area contributed by atoms with Crippen molar-refractivity contribution in [2.45, 2.75) is 12.5 Å². The van der Waals surface area contributed by atoms with E-state index in [1.165, 1.54) is 0 Å². The van der Waals surface area contributed by atoms with Crippen LogP contribution in [0.4, 0.5) is 5.82 Å². The van der Waals surface area contributed by atoms with Crippen LogP contribution in [0.3, 0.4) is 0 Å². The Morgan fingerprint density at radius 1 is 1.29 bits per heavy atom. The van der Waals surface area contributed by atoms with Crippen molar-refractivity contribution in [3.63, 3.8) is 0 Å². The molecule has 0 radical (unpaired) electrons. The minimum absolute atomic E-state index is 0.00306. The minimum atomic E-state index is -0.00306. The van der Waals surface area contributed by atoms with Crippen LogP contribution in [0.15, 0.2) is 53.4 Å². The highest BCUT2D eigenvalue weighted by molar-refractivity contribution is 9.10. The van der Waals surface area contributed by atoms with E-state index in [1.54, 1.807) is 23.1 Å². The Morgan fingerprint density at radius 3 is 2.86 bits per heavy atom. The maximum absolute atomic E-state index is 9.32. The van der Waals surface area contributed by atoms with Gasteiger partial charge in [-0.15, -0.1) is 0 Å². The number of anilines is 1. The second-order valence-electron chi connectivity index (χ2n) is 4.68. The molecule has 1 unspecified atom stereocenters. The van der Waals surface area contributed by atoms with Crippen molar-refractivity contribution < 1.29 is 5.11 Å². The molecule has 0 spiro atoms. The summed E-state index contributed by atoms with van der Waals surface area (Å²) in [5, 5.41) is 17.0. The molecule has 3 rings (SSSR count). The van der Waals surface area contributed by atoms with E-state index in [4.69, 9.17) is 0 Å². The fourth-order valence-electron chi connectivity index (χ4n) is 2.32. The third kappa shape index (κ3) is 2.91. The van der Waals surface area contributed by atoms with Gasteiger partial charge in [-0.3, -0.25) is 0 Å². The number of aliphatic hydroxyl groups excluding tert-OH is 1. The molecule has 2 aromatic heterocycles. The second-order valence-corrected chi connectivity index (χ2v) is 5.54. The number of hydrogen-bond acceptors (Lipinski definition) is 4. The zero-order valence-electron chi connectivity index (χ0n) is 11.3. The van der Waals surface area contributed by atoms with Crippen LogP contribution in [0.1, 0.15) is 18.0 Å². The van der Waals surface area contributed by atoms with Crippen LogP contribution in [0.25, 0.3) is 5.52 Å². The van der Waals surface area contributed by atoms with Crippen molar-refractivity contribution in [1.29, 1.82) is 0 Å². The molecular weight excluding hydrogens is 332 g/mol. The SMILES string of the molecule is OCCC(Nc1nccn2ncc(Br)c12)c1ccccc1. The highest BCUT2D eigenvalue weighted by Gasteiger charge is 2.15. The Kier molecular flexibility index (Phi) is 4.17. The Balaban J connectivity index is 1.96. The van der Waals surface area contributed by atoms with Crippen LogP contribution in [0, 0.1) is 0 Å². The highest BCUT2D eigenvalue weighted by Crippen LogP contribution is 2.27. The van der Waals surface area contributed by atoms with Gasteiger partial charge < -0.3 is 10.4 Å². The Morgan fingerprint density at radius 2 is 2.10 bits per heavy atom. The molecular formula is C15H15BrN4O. The van der Waals surface area contributed by atoms with E-state index in [0.29, 0.717) is 6.42 Å². The van der Waals surface area contributed by atoms with Crippen molar-refractivity contribution in [1.82, 2.24) is 14.6 Å². The van der Waals surface area contributed by atoms with Crippen molar-refractivity contribution >= 4 is 27.3 Å². The summed E-state index contributed by atoms with van der Waals surface area (Å²) in [7, 11) is 0. The normalized spacial score (nSPS) is 12.5. The fraction of sp³-hybridized carbons (Fsp3) is 0.200. The predicted molar refractivity (Wildman–Crippen MR) is 85.2 cm³/mol. The van der Waals surface area contributed by atoms with Crippen LogP contribution < -0.4 is 5.32 Å². The molecule has 0 aliphatic heterocycles. The maximum atomic E-state index is 9.32. The monoisotopic (exact) mass is 346 g/mol. The summed E-state index contributed by atoms with van der Waals surface area (Å²) in [6.45, 7) is 0.107. The molecule has 0 bridgehead atoms. The Hall–Kier alpha value is -1.92. The van der Waals surface area contributed by atoms with E-state index >= 15 is 0 Å². The number of fused-ring (bicyclic) bond motifs is 1. The van der Waals surface area contributed by atoms with Gasteiger partial charge in [0.25, 0.3) is 0 Å². The molecule has 2 N–H and O–H groups in total. The molecule has 1 aromatic carbocycles. The molecule has 1 atom stereocenters. The lowest BCUT2D eigenvalue weighted by atomic mass is 10.0. The average molecular weight is 347 g/mol. The topological polar surface area (TPSA) is 62.5 Å².